The molecule has 0 bridgehead atoms. The Labute approximate surface area is 141 Å². The first-order valence-electron chi connectivity index (χ1n) is 8.29. The van der Waals surface area contributed by atoms with E-state index in [0.717, 1.165) is 35.7 Å². The lowest BCUT2D eigenvalue weighted by Crippen LogP contribution is -2.31. The van der Waals surface area contributed by atoms with E-state index >= 15 is 0 Å². The fourth-order valence-electron chi connectivity index (χ4n) is 3.13. The largest absolute Gasteiger partial charge is 0.460 e. The van der Waals surface area contributed by atoms with Crippen LogP contribution >= 0.6 is 0 Å². The molecule has 1 fully saturated rings. The van der Waals surface area contributed by atoms with Gasteiger partial charge < -0.3 is 14.5 Å². The van der Waals surface area contributed by atoms with E-state index in [-0.39, 0.29) is 12.1 Å². The fraction of sp³-hybridized carbons (Fsp3) is 0.250. The highest BCUT2D eigenvalue weighted by Gasteiger charge is 2.29. The van der Waals surface area contributed by atoms with Gasteiger partial charge in [-0.3, -0.25) is 4.98 Å². The second kappa shape index (κ2) is 6.99. The Hall–Kier alpha value is -2.43. The molecule has 1 N–H and O–H groups in total. The third-order valence-electron chi connectivity index (χ3n) is 4.36. The van der Waals surface area contributed by atoms with Crippen molar-refractivity contribution in [1.29, 1.82) is 0 Å². The van der Waals surface area contributed by atoms with Crippen LogP contribution in [-0.2, 0) is 11.3 Å². The SMILES string of the molecule is c1ccc(-c2ccc(CN[C@H]3CCO[C@@H]3c3cccnc3)o2)cc1. The van der Waals surface area contributed by atoms with Crippen molar-refractivity contribution in [2.75, 3.05) is 6.61 Å². The highest BCUT2D eigenvalue weighted by Crippen LogP contribution is 2.29. The fourth-order valence-corrected chi connectivity index (χ4v) is 3.13. The van der Waals surface area contributed by atoms with Crippen molar-refractivity contribution in [2.24, 2.45) is 0 Å². The summed E-state index contributed by atoms with van der Waals surface area (Å²) in [6.45, 7) is 1.46. The molecule has 4 heteroatoms. The van der Waals surface area contributed by atoms with Crippen LogP contribution in [0.4, 0.5) is 0 Å². The van der Waals surface area contributed by atoms with E-state index in [9.17, 15) is 0 Å². The van der Waals surface area contributed by atoms with Crippen LogP contribution in [0.5, 0.6) is 0 Å². The Kier molecular flexibility index (Phi) is 4.40. The van der Waals surface area contributed by atoms with Gasteiger partial charge in [-0.15, -0.1) is 0 Å². The molecular weight excluding hydrogens is 300 g/mol. The number of pyridine rings is 1. The maximum atomic E-state index is 5.95. The molecule has 0 aliphatic carbocycles. The number of hydrogen-bond acceptors (Lipinski definition) is 4. The van der Waals surface area contributed by atoms with Gasteiger partial charge in [0.25, 0.3) is 0 Å². The smallest absolute Gasteiger partial charge is 0.134 e. The zero-order chi connectivity index (χ0) is 16.2. The van der Waals surface area contributed by atoms with Crippen molar-refractivity contribution < 1.29 is 9.15 Å². The van der Waals surface area contributed by atoms with E-state index in [1.54, 1.807) is 6.20 Å². The summed E-state index contributed by atoms with van der Waals surface area (Å²) in [6, 6.07) is 18.5. The minimum atomic E-state index is 0.0576. The number of aromatic nitrogens is 1. The minimum Gasteiger partial charge on any atom is -0.460 e. The summed E-state index contributed by atoms with van der Waals surface area (Å²) in [5, 5.41) is 3.56. The maximum absolute atomic E-state index is 5.95. The van der Waals surface area contributed by atoms with Crippen LogP contribution in [-0.4, -0.2) is 17.6 Å². The Morgan fingerprint density at radius 3 is 2.79 bits per heavy atom. The molecule has 0 amide bonds. The first-order valence-corrected chi connectivity index (χ1v) is 8.29. The Balaban J connectivity index is 1.41. The summed E-state index contributed by atoms with van der Waals surface area (Å²) in [5.74, 6) is 1.84. The van der Waals surface area contributed by atoms with Gasteiger partial charge in [0, 0.05) is 36.2 Å². The number of rotatable bonds is 5. The van der Waals surface area contributed by atoms with Crippen LogP contribution < -0.4 is 5.32 Å². The Morgan fingerprint density at radius 2 is 1.96 bits per heavy atom. The van der Waals surface area contributed by atoms with Crippen LogP contribution in [0.3, 0.4) is 0 Å². The molecule has 1 aliphatic heterocycles. The normalized spacial score (nSPS) is 20.3. The molecule has 122 valence electrons. The third kappa shape index (κ3) is 3.25. The number of nitrogens with one attached hydrogen (secondary N) is 1. The quantitative estimate of drug-likeness (QED) is 0.773. The highest BCUT2D eigenvalue weighted by molar-refractivity contribution is 5.57. The van der Waals surface area contributed by atoms with Gasteiger partial charge >= 0.3 is 0 Å². The molecule has 4 rings (SSSR count). The molecule has 3 heterocycles. The van der Waals surface area contributed by atoms with Gasteiger partial charge in [-0.1, -0.05) is 36.4 Å². The second-order valence-corrected chi connectivity index (χ2v) is 5.99. The summed E-state index contributed by atoms with van der Waals surface area (Å²) in [5.41, 5.74) is 2.22. The van der Waals surface area contributed by atoms with Gasteiger partial charge in [0.05, 0.1) is 12.6 Å². The first kappa shape index (κ1) is 15.1. The van der Waals surface area contributed by atoms with E-state index in [4.69, 9.17) is 9.15 Å². The Morgan fingerprint density at radius 1 is 1.04 bits per heavy atom. The molecule has 1 aliphatic rings. The standard InChI is InChI=1S/C20H20N2O2/c1-2-5-15(6-3-1)19-9-8-17(24-19)14-22-18-10-12-23-20(18)16-7-4-11-21-13-16/h1-9,11,13,18,20,22H,10,12,14H2/t18-,20+/m0/s1. The molecular formula is C20H20N2O2. The lowest BCUT2D eigenvalue weighted by molar-refractivity contribution is 0.0978. The molecule has 1 saturated heterocycles. The van der Waals surface area contributed by atoms with E-state index in [2.05, 4.69) is 28.5 Å². The van der Waals surface area contributed by atoms with E-state index in [0.29, 0.717) is 6.54 Å². The molecule has 4 nitrogen and oxygen atoms in total. The summed E-state index contributed by atoms with van der Waals surface area (Å²) >= 11 is 0. The van der Waals surface area contributed by atoms with Crippen molar-refractivity contribution in [3.05, 3.63) is 78.3 Å². The molecule has 0 saturated carbocycles. The number of benzene rings is 1. The second-order valence-electron chi connectivity index (χ2n) is 5.99. The van der Waals surface area contributed by atoms with Crippen LogP contribution in [0.1, 0.15) is 23.8 Å². The van der Waals surface area contributed by atoms with Crippen LogP contribution in [0.2, 0.25) is 0 Å². The number of furan rings is 1. The van der Waals surface area contributed by atoms with Gasteiger partial charge in [-0.25, -0.2) is 0 Å². The third-order valence-corrected chi connectivity index (χ3v) is 4.36. The molecule has 2 aromatic heterocycles. The predicted octanol–water partition coefficient (Wildman–Crippen LogP) is 3.96. The average Bonchev–Trinajstić information content (AvgIpc) is 3.31. The molecule has 0 unspecified atom stereocenters. The highest BCUT2D eigenvalue weighted by atomic mass is 16.5. The van der Waals surface area contributed by atoms with Gasteiger partial charge in [-0.05, 0) is 24.6 Å². The number of hydrogen-bond donors (Lipinski definition) is 1. The monoisotopic (exact) mass is 320 g/mol. The molecule has 3 aromatic rings. The molecule has 2 atom stereocenters. The van der Waals surface area contributed by atoms with Gasteiger partial charge in [0.1, 0.15) is 11.5 Å². The van der Waals surface area contributed by atoms with E-state index in [1.165, 1.54) is 0 Å². The van der Waals surface area contributed by atoms with Crippen LogP contribution in [0, 0.1) is 0 Å². The molecule has 0 spiro atoms. The number of nitrogens with zero attached hydrogens (tertiary/aromatic N) is 1. The maximum Gasteiger partial charge on any atom is 0.134 e. The predicted molar refractivity (Wildman–Crippen MR) is 92.3 cm³/mol. The van der Waals surface area contributed by atoms with Gasteiger partial charge in [-0.2, -0.15) is 0 Å². The summed E-state index contributed by atoms with van der Waals surface area (Å²) in [4.78, 5) is 4.19. The summed E-state index contributed by atoms with van der Waals surface area (Å²) in [6.07, 6.45) is 4.72. The van der Waals surface area contributed by atoms with Crippen LogP contribution in [0.15, 0.2) is 71.4 Å². The van der Waals surface area contributed by atoms with Crippen molar-refractivity contribution in [3.8, 4) is 11.3 Å². The van der Waals surface area contributed by atoms with Crippen molar-refractivity contribution in [2.45, 2.75) is 25.1 Å². The van der Waals surface area contributed by atoms with Crippen LogP contribution in [0.25, 0.3) is 11.3 Å². The van der Waals surface area contributed by atoms with Crippen molar-refractivity contribution >= 4 is 0 Å². The topological polar surface area (TPSA) is 47.3 Å². The van der Waals surface area contributed by atoms with Crippen molar-refractivity contribution in [1.82, 2.24) is 10.3 Å². The summed E-state index contributed by atoms with van der Waals surface area (Å²) < 4.78 is 11.8. The lowest BCUT2D eigenvalue weighted by atomic mass is 10.0. The van der Waals surface area contributed by atoms with Gasteiger partial charge in [0.15, 0.2) is 0 Å². The first-order chi connectivity index (χ1) is 11.9. The lowest BCUT2D eigenvalue weighted by Gasteiger charge is -2.19. The molecule has 24 heavy (non-hydrogen) atoms. The van der Waals surface area contributed by atoms with E-state index in [1.807, 2.05) is 42.6 Å². The minimum absolute atomic E-state index is 0.0576. The summed E-state index contributed by atoms with van der Waals surface area (Å²) in [7, 11) is 0. The number of ether oxygens (including phenoxy) is 1. The molecule has 1 aromatic carbocycles. The van der Waals surface area contributed by atoms with Crippen molar-refractivity contribution in [3.63, 3.8) is 0 Å². The average molecular weight is 320 g/mol. The van der Waals surface area contributed by atoms with Gasteiger partial charge in [0.2, 0.25) is 0 Å². The van der Waals surface area contributed by atoms with E-state index < -0.39 is 0 Å². The zero-order valence-electron chi connectivity index (χ0n) is 13.4. The molecule has 0 radical (unpaired) electrons. The Bertz CT molecular complexity index is 771. The zero-order valence-corrected chi connectivity index (χ0v) is 13.4.